The van der Waals surface area contributed by atoms with Gasteiger partial charge in [0.05, 0.1) is 7.11 Å². The van der Waals surface area contributed by atoms with Crippen molar-refractivity contribution >= 4 is 21.9 Å². The number of phenols is 2. The summed E-state index contributed by atoms with van der Waals surface area (Å²) in [4.78, 5) is 13.5. The van der Waals surface area contributed by atoms with E-state index in [1.54, 1.807) is 12.1 Å². The highest BCUT2D eigenvalue weighted by molar-refractivity contribution is 6.01. The van der Waals surface area contributed by atoms with Crippen molar-refractivity contribution in [2.45, 2.75) is 52.6 Å². The van der Waals surface area contributed by atoms with Crippen LogP contribution >= 0.6 is 0 Å². The summed E-state index contributed by atoms with van der Waals surface area (Å²) in [6, 6.07) is 3.12. The quantitative estimate of drug-likeness (QED) is 0.470. The van der Waals surface area contributed by atoms with Crippen molar-refractivity contribution in [1.82, 2.24) is 0 Å². The summed E-state index contributed by atoms with van der Waals surface area (Å²) in [7, 11) is 1.47. The fraction of sp³-hybridized carbons (Fsp3) is 0.375. The lowest BCUT2D eigenvalue weighted by atomic mass is 9.81. The maximum absolute atomic E-state index is 13.5. The van der Waals surface area contributed by atoms with Gasteiger partial charge in [0, 0.05) is 16.5 Å². The van der Waals surface area contributed by atoms with Crippen LogP contribution in [0.15, 0.2) is 33.0 Å². The lowest BCUT2D eigenvalue weighted by Gasteiger charge is -2.22. The monoisotopic (exact) mass is 410 g/mol. The van der Waals surface area contributed by atoms with Crippen LogP contribution in [0.5, 0.6) is 23.0 Å². The molecule has 0 radical (unpaired) electrons. The van der Waals surface area contributed by atoms with Gasteiger partial charge in [0.25, 0.3) is 0 Å². The number of phenolic OH excluding ortho intramolecular Hbond substituents is 2. The molecule has 1 aliphatic heterocycles. The summed E-state index contributed by atoms with van der Waals surface area (Å²) in [5, 5.41) is 21.5. The van der Waals surface area contributed by atoms with E-state index in [1.807, 2.05) is 40.7 Å². The number of hydrogen-bond donors (Lipinski definition) is 2. The molecule has 30 heavy (non-hydrogen) atoms. The van der Waals surface area contributed by atoms with Crippen molar-refractivity contribution < 1.29 is 24.1 Å². The third-order valence-corrected chi connectivity index (χ3v) is 6.10. The van der Waals surface area contributed by atoms with Gasteiger partial charge >= 0.3 is 0 Å². The Morgan fingerprint density at radius 1 is 1.17 bits per heavy atom. The molecular weight excluding hydrogens is 384 g/mol. The SMILES string of the molecule is COc1c(CC=C(C)C)cc(O)c2oc3c4c(cc(O)c3c(=O)c12)C(C)(C)[C@H](C)O4. The Morgan fingerprint density at radius 3 is 2.50 bits per heavy atom. The zero-order valence-corrected chi connectivity index (χ0v) is 18.0. The normalized spacial score (nSPS) is 17.1. The second-order valence-electron chi connectivity index (χ2n) is 8.67. The molecule has 1 aromatic heterocycles. The van der Waals surface area contributed by atoms with Gasteiger partial charge in [0.2, 0.25) is 5.43 Å². The van der Waals surface area contributed by atoms with Crippen LogP contribution in [0, 0.1) is 0 Å². The highest BCUT2D eigenvalue weighted by Gasteiger charge is 2.41. The van der Waals surface area contributed by atoms with Gasteiger partial charge in [-0.1, -0.05) is 25.5 Å². The van der Waals surface area contributed by atoms with E-state index in [2.05, 4.69) is 0 Å². The van der Waals surface area contributed by atoms with E-state index < -0.39 is 5.43 Å². The number of hydrogen-bond acceptors (Lipinski definition) is 6. The fourth-order valence-corrected chi connectivity index (χ4v) is 4.01. The standard InChI is InChI=1S/C24H26O6/c1-11(2)7-8-13-9-16(26)22-18(20(13)28-6)19(27)17-15(25)10-14-21(23(17)30-22)29-12(3)24(14,4)5/h7,9-10,12,25-26H,8H2,1-6H3/t12-/m0/s1. The first-order chi connectivity index (χ1) is 14.1. The molecule has 0 amide bonds. The van der Waals surface area contributed by atoms with E-state index in [9.17, 15) is 15.0 Å². The summed E-state index contributed by atoms with van der Waals surface area (Å²) in [6.07, 6.45) is 2.29. The largest absolute Gasteiger partial charge is 0.507 e. The van der Waals surface area contributed by atoms with Crippen molar-refractivity contribution in [1.29, 1.82) is 0 Å². The molecule has 6 nitrogen and oxygen atoms in total. The van der Waals surface area contributed by atoms with Crippen molar-refractivity contribution in [3.63, 3.8) is 0 Å². The lowest BCUT2D eigenvalue weighted by molar-refractivity contribution is 0.186. The number of fused-ring (bicyclic) bond motifs is 4. The van der Waals surface area contributed by atoms with E-state index >= 15 is 0 Å². The Morgan fingerprint density at radius 2 is 1.87 bits per heavy atom. The van der Waals surface area contributed by atoms with Crippen LogP contribution in [0.4, 0.5) is 0 Å². The molecule has 158 valence electrons. The Labute approximate surface area is 174 Å². The van der Waals surface area contributed by atoms with Crippen LogP contribution in [0.2, 0.25) is 0 Å². The van der Waals surface area contributed by atoms with Gasteiger partial charge in [-0.3, -0.25) is 4.79 Å². The van der Waals surface area contributed by atoms with Crippen LogP contribution < -0.4 is 14.9 Å². The molecule has 2 N–H and O–H groups in total. The van der Waals surface area contributed by atoms with E-state index in [0.717, 1.165) is 11.1 Å². The molecular formula is C24H26O6. The van der Waals surface area contributed by atoms with Crippen molar-refractivity contribution in [3.05, 3.63) is 45.1 Å². The van der Waals surface area contributed by atoms with Crippen LogP contribution in [0.3, 0.4) is 0 Å². The Kier molecular flexibility index (Phi) is 4.49. The van der Waals surface area contributed by atoms with Crippen molar-refractivity contribution in [2.75, 3.05) is 7.11 Å². The average molecular weight is 410 g/mol. The van der Waals surface area contributed by atoms with E-state index in [1.165, 1.54) is 7.11 Å². The predicted octanol–water partition coefficient (Wildman–Crippen LogP) is 4.93. The molecule has 0 unspecified atom stereocenters. The summed E-state index contributed by atoms with van der Waals surface area (Å²) < 4.78 is 17.6. The maximum atomic E-state index is 13.5. The smallest absolute Gasteiger partial charge is 0.208 e. The highest BCUT2D eigenvalue weighted by Crippen LogP contribution is 2.50. The summed E-state index contributed by atoms with van der Waals surface area (Å²) >= 11 is 0. The molecule has 0 saturated carbocycles. The summed E-state index contributed by atoms with van der Waals surface area (Å²) in [6.45, 7) is 9.87. The van der Waals surface area contributed by atoms with Gasteiger partial charge in [-0.2, -0.15) is 0 Å². The number of allylic oxidation sites excluding steroid dienone is 2. The van der Waals surface area contributed by atoms with Gasteiger partial charge < -0.3 is 24.1 Å². The topological polar surface area (TPSA) is 89.1 Å². The van der Waals surface area contributed by atoms with Gasteiger partial charge in [-0.25, -0.2) is 0 Å². The predicted molar refractivity (Wildman–Crippen MR) is 116 cm³/mol. The molecule has 0 bridgehead atoms. The van der Waals surface area contributed by atoms with Gasteiger partial charge in [0.15, 0.2) is 22.7 Å². The Balaban J connectivity index is 2.14. The van der Waals surface area contributed by atoms with Crippen LogP contribution in [-0.4, -0.2) is 23.4 Å². The summed E-state index contributed by atoms with van der Waals surface area (Å²) in [5.74, 6) is 0.405. The average Bonchev–Trinajstić information content (AvgIpc) is 2.90. The maximum Gasteiger partial charge on any atom is 0.208 e. The van der Waals surface area contributed by atoms with Crippen molar-refractivity contribution in [2.24, 2.45) is 0 Å². The zero-order valence-electron chi connectivity index (χ0n) is 18.0. The number of rotatable bonds is 3. The summed E-state index contributed by atoms with van der Waals surface area (Å²) in [5.41, 5.74) is 1.81. The van der Waals surface area contributed by atoms with E-state index in [0.29, 0.717) is 23.5 Å². The zero-order chi connectivity index (χ0) is 22.0. The Hall–Kier alpha value is -3.15. The van der Waals surface area contributed by atoms with Crippen LogP contribution in [0.25, 0.3) is 21.9 Å². The molecule has 0 saturated heterocycles. The molecule has 6 heteroatoms. The van der Waals surface area contributed by atoms with Crippen LogP contribution in [0.1, 0.15) is 45.7 Å². The molecule has 0 aliphatic carbocycles. The molecule has 0 spiro atoms. The first-order valence-corrected chi connectivity index (χ1v) is 9.93. The van der Waals surface area contributed by atoms with Crippen LogP contribution in [-0.2, 0) is 11.8 Å². The minimum atomic E-state index is -0.473. The molecule has 4 rings (SSSR count). The molecule has 3 aromatic rings. The lowest BCUT2D eigenvalue weighted by Crippen LogP contribution is -2.28. The van der Waals surface area contributed by atoms with E-state index in [-0.39, 0.29) is 45.0 Å². The van der Waals surface area contributed by atoms with Gasteiger partial charge in [0.1, 0.15) is 28.4 Å². The fourth-order valence-electron chi connectivity index (χ4n) is 4.01. The minimum Gasteiger partial charge on any atom is -0.507 e. The number of methoxy groups -OCH3 is 1. The number of benzene rings is 2. The number of aromatic hydroxyl groups is 2. The molecule has 2 heterocycles. The van der Waals surface area contributed by atoms with E-state index in [4.69, 9.17) is 13.9 Å². The second-order valence-corrected chi connectivity index (χ2v) is 8.67. The molecule has 0 fully saturated rings. The van der Waals surface area contributed by atoms with Gasteiger partial charge in [-0.05, 0) is 39.3 Å². The first kappa shape index (κ1) is 20.1. The second kappa shape index (κ2) is 6.69. The van der Waals surface area contributed by atoms with Crippen molar-refractivity contribution in [3.8, 4) is 23.0 Å². The molecule has 2 aromatic carbocycles. The third-order valence-electron chi connectivity index (χ3n) is 6.10. The minimum absolute atomic E-state index is 0.0130. The first-order valence-electron chi connectivity index (χ1n) is 9.93. The highest BCUT2D eigenvalue weighted by atomic mass is 16.5. The molecule has 1 atom stereocenters. The Bertz CT molecular complexity index is 1280. The third kappa shape index (κ3) is 2.74. The number of ether oxygens (including phenoxy) is 2. The van der Waals surface area contributed by atoms with Gasteiger partial charge in [-0.15, -0.1) is 0 Å². The molecule has 1 aliphatic rings.